The van der Waals surface area contributed by atoms with Crippen molar-refractivity contribution in [1.29, 1.82) is 0 Å². The molecule has 0 aromatic heterocycles. The minimum atomic E-state index is -0.952. The van der Waals surface area contributed by atoms with E-state index in [1.807, 2.05) is 0 Å². The molecule has 126 valence electrons. The molecule has 0 bridgehead atoms. The lowest BCUT2D eigenvalue weighted by atomic mass is 10.1. The SMILES string of the molecule is CCOC(=O)CCc1ccc(N(N)C(N)=O)c(N(N)C(N)=O)c1. The molecular formula is C13H20N6O4. The number of esters is 1. The van der Waals surface area contributed by atoms with E-state index in [4.69, 9.17) is 27.9 Å². The quantitative estimate of drug-likeness (QED) is 0.242. The first-order valence-electron chi connectivity index (χ1n) is 6.75. The van der Waals surface area contributed by atoms with Gasteiger partial charge in [0.15, 0.2) is 0 Å². The molecule has 0 aliphatic heterocycles. The van der Waals surface area contributed by atoms with Crippen LogP contribution in [0, 0.1) is 0 Å². The maximum atomic E-state index is 11.4. The van der Waals surface area contributed by atoms with Crippen LogP contribution in [0.25, 0.3) is 0 Å². The zero-order valence-corrected chi connectivity index (χ0v) is 12.7. The molecule has 0 radical (unpaired) electrons. The second-order valence-corrected chi connectivity index (χ2v) is 4.54. The molecule has 0 saturated carbocycles. The highest BCUT2D eigenvalue weighted by Crippen LogP contribution is 2.28. The van der Waals surface area contributed by atoms with Gasteiger partial charge in [-0.2, -0.15) is 0 Å². The average molecular weight is 324 g/mol. The first kappa shape index (κ1) is 18.2. The lowest BCUT2D eigenvalue weighted by Gasteiger charge is -2.23. The van der Waals surface area contributed by atoms with Gasteiger partial charge in [0, 0.05) is 6.42 Å². The van der Waals surface area contributed by atoms with Crippen LogP contribution in [-0.2, 0) is 16.0 Å². The Morgan fingerprint density at radius 2 is 1.61 bits per heavy atom. The number of anilines is 2. The first-order valence-corrected chi connectivity index (χ1v) is 6.75. The minimum absolute atomic E-state index is 0.0835. The number of hydrogen-bond acceptors (Lipinski definition) is 6. The van der Waals surface area contributed by atoms with E-state index in [-0.39, 0.29) is 23.8 Å². The summed E-state index contributed by atoms with van der Waals surface area (Å²) in [5.41, 5.74) is 11.1. The van der Waals surface area contributed by atoms with Crippen LogP contribution in [0.4, 0.5) is 21.0 Å². The number of carbonyl (C=O) groups excluding carboxylic acids is 3. The molecule has 10 heteroatoms. The summed E-state index contributed by atoms with van der Waals surface area (Å²) >= 11 is 0. The molecule has 0 saturated heterocycles. The highest BCUT2D eigenvalue weighted by molar-refractivity contribution is 5.99. The minimum Gasteiger partial charge on any atom is -0.466 e. The van der Waals surface area contributed by atoms with Crippen molar-refractivity contribution < 1.29 is 19.1 Å². The molecule has 8 N–H and O–H groups in total. The van der Waals surface area contributed by atoms with Gasteiger partial charge in [-0.25, -0.2) is 31.3 Å². The fourth-order valence-corrected chi connectivity index (χ4v) is 1.84. The van der Waals surface area contributed by atoms with Gasteiger partial charge in [0.25, 0.3) is 0 Å². The van der Waals surface area contributed by atoms with E-state index in [1.54, 1.807) is 13.0 Å². The van der Waals surface area contributed by atoms with Crippen molar-refractivity contribution in [3.8, 4) is 0 Å². The Balaban J connectivity index is 3.09. The van der Waals surface area contributed by atoms with Crippen LogP contribution < -0.4 is 33.2 Å². The number of carbonyl (C=O) groups is 3. The monoisotopic (exact) mass is 324 g/mol. The fraction of sp³-hybridized carbons (Fsp3) is 0.308. The molecular weight excluding hydrogens is 304 g/mol. The number of rotatable bonds is 6. The Labute approximate surface area is 132 Å². The van der Waals surface area contributed by atoms with Crippen LogP contribution in [0.3, 0.4) is 0 Å². The Hall–Kier alpha value is -2.85. The highest BCUT2D eigenvalue weighted by Gasteiger charge is 2.19. The van der Waals surface area contributed by atoms with E-state index >= 15 is 0 Å². The van der Waals surface area contributed by atoms with Crippen molar-refractivity contribution in [3.05, 3.63) is 23.8 Å². The van der Waals surface area contributed by atoms with E-state index in [0.717, 1.165) is 0 Å². The molecule has 0 spiro atoms. The number of benzene rings is 1. The number of hydrogen-bond donors (Lipinski definition) is 4. The van der Waals surface area contributed by atoms with E-state index in [1.165, 1.54) is 12.1 Å². The largest absolute Gasteiger partial charge is 0.466 e. The topological polar surface area (TPSA) is 171 Å². The molecule has 0 fully saturated rings. The summed E-state index contributed by atoms with van der Waals surface area (Å²) in [5.74, 6) is 10.8. The van der Waals surface area contributed by atoms with Crippen LogP contribution in [0.5, 0.6) is 0 Å². The third kappa shape index (κ3) is 4.83. The molecule has 1 rings (SSSR count). The summed E-state index contributed by atoms with van der Waals surface area (Å²) < 4.78 is 4.84. The number of primary amides is 2. The number of amides is 4. The Morgan fingerprint density at radius 1 is 1.04 bits per heavy atom. The molecule has 1 aromatic carbocycles. The summed E-state index contributed by atoms with van der Waals surface area (Å²) in [6, 6.07) is 2.66. The van der Waals surface area contributed by atoms with Gasteiger partial charge in [-0.15, -0.1) is 0 Å². The lowest BCUT2D eigenvalue weighted by molar-refractivity contribution is -0.143. The Kier molecular flexibility index (Phi) is 6.30. The van der Waals surface area contributed by atoms with Gasteiger partial charge < -0.3 is 16.2 Å². The molecule has 1 aromatic rings. The molecule has 0 heterocycles. The van der Waals surface area contributed by atoms with E-state index in [9.17, 15) is 14.4 Å². The predicted octanol–water partition coefficient (Wildman–Crippen LogP) is -0.300. The third-order valence-corrected chi connectivity index (χ3v) is 2.96. The van der Waals surface area contributed by atoms with E-state index in [0.29, 0.717) is 28.6 Å². The summed E-state index contributed by atoms with van der Waals surface area (Å²) in [7, 11) is 0. The van der Waals surface area contributed by atoms with Gasteiger partial charge >= 0.3 is 18.0 Å². The number of nitrogens with two attached hydrogens (primary N) is 4. The van der Waals surface area contributed by atoms with E-state index < -0.39 is 12.1 Å². The van der Waals surface area contributed by atoms with Gasteiger partial charge in [-0.05, 0) is 31.0 Å². The van der Waals surface area contributed by atoms with Crippen molar-refractivity contribution in [3.63, 3.8) is 0 Å². The van der Waals surface area contributed by atoms with Gasteiger partial charge in [-0.1, -0.05) is 6.07 Å². The molecule has 4 amide bonds. The van der Waals surface area contributed by atoms with Crippen LogP contribution >= 0.6 is 0 Å². The van der Waals surface area contributed by atoms with Gasteiger partial charge in [-0.3, -0.25) is 4.79 Å². The smallest absolute Gasteiger partial charge is 0.333 e. The lowest BCUT2D eigenvalue weighted by Crippen LogP contribution is -2.46. The maximum Gasteiger partial charge on any atom is 0.333 e. The van der Waals surface area contributed by atoms with E-state index in [2.05, 4.69) is 0 Å². The second-order valence-electron chi connectivity index (χ2n) is 4.54. The molecule has 0 unspecified atom stereocenters. The summed E-state index contributed by atoms with van der Waals surface area (Å²) in [4.78, 5) is 33.9. The molecule has 0 aliphatic carbocycles. The van der Waals surface area contributed by atoms with Crippen LogP contribution in [0.1, 0.15) is 18.9 Å². The fourth-order valence-electron chi connectivity index (χ4n) is 1.84. The number of hydrazine groups is 2. The summed E-state index contributed by atoms with van der Waals surface area (Å²) in [6.07, 6.45) is 0.496. The van der Waals surface area contributed by atoms with Gasteiger partial charge in [0.2, 0.25) is 0 Å². The Morgan fingerprint density at radius 3 is 2.13 bits per heavy atom. The van der Waals surface area contributed by atoms with Crippen molar-refractivity contribution >= 4 is 29.4 Å². The van der Waals surface area contributed by atoms with Crippen LogP contribution in [0.15, 0.2) is 18.2 Å². The first-order chi connectivity index (χ1) is 10.8. The predicted molar refractivity (Wildman–Crippen MR) is 83.9 cm³/mol. The number of nitrogens with zero attached hydrogens (tertiary/aromatic N) is 2. The van der Waals surface area contributed by atoms with Crippen molar-refractivity contribution in [2.45, 2.75) is 19.8 Å². The number of ether oxygens (including phenoxy) is 1. The number of urea groups is 2. The number of aryl methyl sites for hydroxylation is 1. The van der Waals surface area contributed by atoms with Crippen molar-refractivity contribution in [1.82, 2.24) is 0 Å². The summed E-state index contributed by atoms with van der Waals surface area (Å²) in [6.45, 7) is 2.01. The maximum absolute atomic E-state index is 11.4. The average Bonchev–Trinajstić information content (AvgIpc) is 2.51. The highest BCUT2D eigenvalue weighted by atomic mass is 16.5. The standard InChI is InChI=1S/C13H20N6O4/c1-2-23-11(20)6-4-8-3-5-9(18(16)12(14)21)10(7-8)19(17)13(15)22/h3,5,7H,2,4,6,16-17H2,1H3,(H2,14,21)(H2,15,22). The van der Waals surface area contributed by atoms with Gasteiger partial charge in [0.05, 0.1) is 18.0 Å². The zero-order chi connectivity index (χ0) is 17.6. The van der Waals surface area contributed by atoms with Crippen molar-refractivity contribution in [2.75, 3.05) is 16.6 Å². The molecule has 23 heavy (non-hydrogen) atoms. The molecule has 10 nitrogen and oxygen atoms in total. The summed E-state index contributed by atoms with van der Waals surface area (Å²) in [5, 5.41) is 1.26. The Bertz CT molecular complexity index is 606. The second kappa shape index (κ2) is 7.96. The molecule has 0 atom stereocenters. The van der Waals surface area contributed by atoms with Gasteiger partial charge in [0.1, 0.15) is 0 Å². The van der Waals surface area contributed by atoms with Crippen LogP contribution in [-0.4, -0.2) is 24.6 Å². The van der Waals surface area contributed by atoms with Crippen LogP contribution in [0.2, 0.25) is 0 Å². The molecule has 0 aliphatic rings. The van der Waals surface area contributed by atoms with Crippen molar-refractivity contribution in [2.24, 2.45) is 23.2 Å². The zero-order valence-electron chi connectivity index (χ0n) is 12.7. The third-order valence-electron chi connectivity index (χ3n) is 2.96. The normalized spacial score (nSPS) is 10.0.